The van der Waals surface area contributed by atoms with Crippen molar-refractivity contribution < 1.29 is 0 Å². The van der Waals surface area contributed by atoms with E-state index in [0.29, 0.717) is 17.4 Å². The van der Waals surface area contributed by atoms with E-state index in [4.69, 9.17) is 5.26 Å². The van der Waals surface area contributed by atoms with Crippen LogP contribution in [-0.4, -0.2) is 23.0 Å². The minimum atomic E-state index is 0.372. The number of thioether (sulfide) groups is 1. The molecule has 0 aliphatic heterocycles. The van der Waals surface area contributed by atoms with Crippen molar-refractivity contribution in [3.8, 4) is 6.07 Å². The van der Waals surface area contributed by atoms with Crippen LogP contribution in [0.1, 0.15) is 24.6 Å². The summed E-state index contributed by atoms with van der Waals surface area (Å²) >= 11 is 1.80. The Balaban J connectivity index is 2.86. The highest BCUT2D eigenvalue weighted by atomic mass is 32.2. The third-order valence-electron chi connectivity index (χ3n) is 2.36. The molecule has 1 N–H and O–H groups in total. The molecule has 0 fully saturated rings. The highest BCUT2D eigenvalue weighted by Gasteiger charge is 2.09. The van der Waals surface area contributed by atoms with Gasteiger partial charge in [-0.2, -0.15) is 17.0 Å². The minimum absolute atomic E-state index is 0.372. The van der Waals surface area contributed by atoms with Crippen LogP contribution in [-0.2, 0) is 0 Å². The number of anilines is 1. The summed E-state index contributed by atoms with van der Waals surface area (Å²) in [6.45, 7) is 4.07. The van der Waals surface area contributed by atoms with Gasteiger partial charge in [-0.25, -0.2) is 4.98 Å². The first kappa shape index (κ1) is 12.9. The van der Waals surface area contributed by atoms with Crippen LogP contribution in [0.4, 0.5) is 5.82 Å². The number of hydrogen-bond donors (Lipinski definition) is 1. The van der Waals surface area contributed by atoms with Gasteiger partial charge in [-0.3, -0.25) is 0 Å². The molecule has 4 heteroatoms. The molecule has 0 aromatic carbocycles. The molecule has 0 radical (unpaired) electrons. The van der Waals surface area contributed by atoms with Crippen LogP contribution >= 0.6 is 11.8 Å². The summed E-state index contributed by atoms with van der Waals surface area (Å²) in [7, 11) is 0. The van der Waals surface area contributed by atoms with Gasteiger partial charge in [0.25, 0.3) is 0 Å². The van der Waals surface area contributed by atoms with Crippen LogP contribution in [0.5, 0.6) is 0 Å². The molecule has 1 rings (SSSR count). The van der Waals surface area contributed by atoms with Gasteiger partial charge in [-0.05, 0) is 31.7 Å². The summed E-state index contributed by atoms with van der Waals surface area (Å²) in [5.41, 5.74) is 1.55. The fraction of sp³-hybridized carbons (Fsp3) is 0.500. The molecular weight excluding hydrogens is 218 g/mol. The lowest BCUT2D eigenvalue weighted by Crippen LogP contribution is -2.22. The number of nitriles is 1. The molecule has 3 nitrogen and oxygen atoms in total. The Kier molecular flexibility index (Phi) is 5.13. The minimum Gasteiger partial charge on any atom is -0.365 e. The summed E-state index contributed by atoms with van der Waals surface area (Å²) in [5.74, 6) is 1.74. The second-order valence-corrected chi connectivity index (χ2v) is 4.58. The van der Waals surface area contributed by atoms with Gasteiger partial charge in [-0.15, -0.1) is 0 Å². The van der Waals surface area contributed by atoms with E-state index in [1.54, 1.807) is 11.8 Å². The molecule has 0 saturated carbocycles. The van der Waals surface area contributed by atoms with Crippen molar-refractivity contribution in [2.24, 2.45) is 0 Å². The molecule has 0 spiro atoms. The van der Waals surface area contributed by atoms with Crippen LogP contribution in [0.15, 0.2) is 12.1 Å². The van der Waals surface area contributed by atoms with Gasteiger partial charge in [0, 0.05) is 17.5 Å². The number of nitrogens with zero attached hydrogens (tertiary/aromatic N) is 2. The van der Waals surface area contributed by atoms with Crippen LogP contribution in [0.25, 0.3) is 0 Å². The van der Waals surface area contributed by atoms with Crippen LogP contribution in [0, 0.1) is 18.3 Å². The maximum atomic E-state index is 8.99. The molecule has 0 saturated heterocycles. The van der Waals surface area contributed by atoms with E-state index in [0.717, 1.165) is 17.9 Å². The smallest absolute Gasteiger partial charge is 0.144 e. The zero-order valence-corrected chi connectivity index (χ0v) is 10.8. The fourth-order valence-corrected chi connectivity index (χ4v) is 2.13. The summed E-state index contributed by atoms with van der Waals surface area (Å²) in [6, 6.07) is 6.21. The average Bonchev–Trinajstić information content (AvgIpc) is 2.29. The van der Waals surface area contributed by atoms with Gasteiger partial charge in [-0.1, -0.05) is 6.92 Å². The number of hydrogen-bond acceptors (Lipinski definition) is 4. The summed E-state index contributed by atoms with van der Waals surface area (Å²) < 4.78 is 0. The topological polar surface area (TPSA) is 48.7 Å². The third-order valence-corrected chi connectivity index (χ3v) is 3.09. The van der Waals surface area contributed by atoms with Crippen molar-refractivity contribution >= 4 is 17.6 Å². The number of rotatable bonds is 5. The van der Waals surface area contributed by atoms with Crippen molar-refractivity contribution in [2.45, 2.75) is 26.3 Å². The second-order valence-electron chi connectivity index (χ2n) is 3.67. The van der Waals surface area contributed by atoms with E-state index in [-0.39, 0.29) is 0 Å². The molecule has 1 heterocycles. The molecule has 86 valence electrons. The van der Waals surface area contributed by atoms with Crippen LogP contribution in [0.2, 0.25) is 0 Å². The van der Waals surface area contributed by atoms with Gasteiger partial charge < -0.3 is 5.32 Å². The maximum Gasteiger partial charge on any atom is 0.144 e. The van der Waals surface area contributed by atoms with Gasteiger partial charge in [0.05, 0.1) is 5.56 Å². The highest BCUT2D eigenvalue weighted by Crippen LogP contribution is 2.15. The number of pyridine rings is 1. The zero-order chi connectivity index (χ0) is 12.0. The van der Waals surface area contributed by atoms with Crippen molar-refractivity contribution in [1.29, 1.82) is 5.26 Å². The highest BCUT2D eigenvalue weighted by molar-refractivity contribution is 7.98. The lowest BCUT2D eigenvalue weighted by Gasteiger charge is -2.17. The quantitative estimate of drug-likeness (QED) is 0.852. The SMILES string of the molecule is CCC(CSC)Nc1nc(C)ccc1C#N. The molecule has 1 unspecified atom stereocenters. The van der Waals surface area contributed by atoms with Crippen molar-refractivity contribution in [1.82, 2.24) is 4.98 Å². The Bertz CT molecular complexity index is 384. The van der Waals surface area contributed by atoms with E-state index in [1.165, 1.54) is 0 Å². The third kappa shape index (κ3) is 3.42. The Morgan fingerprint density at radius 2 is 2.31 bits per heavy atom. The lowest BCUT2D eigenvalue weighted by molar-refractivity contribution is 0.768. The molecule has 1 atom stereocenters. The Hall–Kier alpha value is -1.21. The first-order valence-corrected chi connectivity index (χ1v) is 6.73. The van der Waals surface area contributed by atoms with E-state index in [2.05, 4.69) is 29.5 Å². The van der Waals surface area contributed by atoms with E-state index >= 15 is 0 Å². The van der Waals surface area contributed by atoms with Crippen molar-refractivity contribution in [3.63, 3.8) is 0 Å². The van der Waals surface area contributed by atoms with Crippen molar-refractivity contribution in [3.05, 3.63) is 23.4 Å². The van der Waals surface area contributed by atoms with E-state index in [9.17, 15) is 0 Å². The fourth-order valence-electron chi connectivity index (χ4n) is 1.41. The predicted molar refractivity (Wildman–Crippen MR) is 69.8 cm³/mol. The number of aryl methyl sites for hydroxylation is 1. The van der Waals surface area contributed by atoms with Gasteiger partial charge in [0.15, 0.2) is 0 Å². The van der Waals surface area contributed by atoms with Crippen molar-refractivity contribution in [2.75, 3.05) is 17.3 Å². The maximum absolute atomic E-state index is 8.99. The van der Waals surface area contributed by atoms with E-state index < -0.39 is 0 Å². The summed E-state index contributed by atoms with van der Waals surface area (Å²) in [6.07, 6.45) is 3.11. The summed E-state index contributed by atoms with van der Waals surface area (Å²) in [5, 5.41) is 12.3. The average molecular weight is 235 g/mol. The lowest BCUT2D eigenvalue weighted by atomic mass is 10.2. The van der Waals surface area contributed by atoms with Crippen LogP contribution < -0.4 is 5.32 Å². The summed E-state index contributed by atoms with van der Waals surface area (Å²) in [4.78, 5) is 4.37. The Morgan fingerprint density at radius 1 is 1.56 bits per heavy atom. The zero-order valence-electron chi connectivity index (χ0n) is 9.95. The number of nitrogens with one attached hydrogen (secondary N) is 1. The Morgan fingerprint density at radius 3 is 2.88 bits per heavy atom. The Labute approximate surface area is 101 Å². The predicted octanol–water partition coefficient (Wildman–Crippen LogP) is 2.82. The van der Waals surface area contributed by atoms with Gasteiger partial charge in [0.2, 0.25) is 0 Å². The standard InChI is InChI=1S/C12H17N3S/c1-4-11(8-16-3)15-12-10(7-13)6-5-9(2)14-12/h5-6,11H,4,8H2,1-3H3,(H,14,15). The van der Waals surface area contributed by atoms with Crippen LogP contribution in [0.3, 0.4) is 0 Å². The molecule has 0 bridgehead atoms. The van der Waals surface area contributed by atoms with Gasteiger partial charge >= 0.3 is 0 Å². The second kappa shape index (κ2) is 6.39. The normalized spacial score (nSPS) is 11.9. The molecule has 0 aliphatic carbocycles. The van der Waals surface area contributed by atoms with E-state index in [1.807, 2.05) is 19.1 Å². The molecule has 0 amide bonds. The molecular formula is C12H17N3S. The molecule has 0 aliphatic rings. The van der Waals surface area contributed by atoms with Gasteiger partial charge in [0.1, 0.15) is 11.9 Å². The first-order chi connectivity index (χ1) is 7.71. The largest absolute Gasteiger partial charge is 0.365 e. The molecule has 16 heavy (non-hydrogen) atoms. The molecule has 1 aromatic rings. The monoisotopic (exact) mass is 235 g/mol. The first-order valence-electron chi connectivity index (χ1n) is 5.34. The number of aromatic nitrogens is 1. The molecule has 1 aromatic heterocycles.